The molecular weight excluding hydrogens is 232 g/mol. The number of rotatable bonds is 4. The Labute approximate surface area is 109 Å². The minimum absolute atomic E-state index is 0.119. The average Bonchev–Trinajstić information content (AvgIpc) is 2.35. The Kier molecular flexibility index (Phi) is 5.44. The van der Waals surface area contributed by atoms with E-state index in [9.17, 15) is 9.59 Å². The van der Waals surface area contributed by atoms with Crippen LogP contribution in [0.5, 0.6) is 0 Å². The fourth-order valence-corrected chi connectivity index (χ4v) is 2.38. The zero-order valence-corrected chi connectivity index (χ0v) is 11.5. The second kappa shape index (κ2) is 6.61. The lowest BCUT2D eigenvalue weighted by Crippen LogP contribution is -2.51. The molecule has 2 amide bonds. The van der Waals surface area contributed by atoms with Gasteiger partial charge in [0, 0.05) is 13.1 Å². The van der Waals surface area contributed by atoms with Gasteiger partial charge in [-0.3, -0.25) is 0 Å². The van der Waals surface area contributed by atoms with Gasteiger partial charge in [0.1, 0.15) is 6.04 Å². The summed E-state index contributed by atoms with van der Waals surface area (Å²) in [6.45, 7) is 3.58. The van der Waals surface area contributed by atoms with Crippen molar-refractivity contribution in [3.63, 3.8) is 0 Å². The number of urea groups is 1. The van der Waals surface area contributed by atoms with Crippen LogP contribution in [-0.4, -0.2) is 41.1 Å². The van der Waals surface area contributed by atoms with Crippen LogP contribution in [0.4, 0.5) is 4.79 Å². The molecule has 0 radical (unpaired) electrons. The smallest absolute Gasteiger partial charge is 0.326 e. The van der Waals surface area contributed by atoms with Crippen molar-refractivity contribution < 1.29 is 14.7 Å². The average molecular weight is 256 g/mol. The fraction of sp³-hybridized carbons (Fsp3) is 0.846. The molecule has 104 valence electrons. The van der Waals surface area contributed by atoms with E-state index in [0.717, 1.165) is 25.7 Å². The maximum atomic E-state index is 12.0. The molecule has 18 heavy (non-hydrogen) atoms. The largest absolute Gasteiger partial charge is 0.480 e. The lowest BCUT2D eigenvalue weighted by Gasteiger charge is -2.32. The van der Waals surface area contributed by atoms with E-state index in [1.165, 1.54) is 6.42 Å². The molecule has 1 saturated carbocycles. The van der Waals surface area contributed by atoms with Crippen LogP contribution in [0.15, 0.2) is 0 Å². The molecule has 1 aliphatic carbocycles. The number of carboxylic acid groups (broad SMARTS) is 1. The van der Waals surface area contributed by atoms with Crippen molar-refractivity contribution in [2.24, 2.45) is 5.92 Å². The first-order valence-corrected chi connectivity index (χ1v) is 6.69. The third-order valence-electron chi connectivity index (χ3n) is 3.65. The molecule has 0 unspecified atom stereocenters. The topological polar surface area (TPSA) is 69.6 Å². The first-order chi connectivity index (χ1) is 8.43. The molecule has 0 aromatic carbocycles. The third-order valence-corrected chi connectivity index (χ3v) is 3.65. The Bertz CT molecular complexity index is 299. The van der Waals surface area contributed by atoms with Crippen LogP contribution >= 0.6 is 0 Å². The van der Waals surface area contributed by atoms with E-state index < -0.39 is 12.0 Å². The van der Waals surface area contributed by atoms with Crippen LogP contribution in [0.1, 0.15) is 46.0 Å². The van der Waals surface area contributed by atoms with Gasteiger partial charge in [0.25, 0.3) is 0 Å². The maximum absolute atomic E-state index is 12.0. The number of aliphatic carboxylic acids is 1. The van der Waals surface area contributed by atoms with Crippen molar-refractivity contribution in [1.29, 1.82) is 0 Å². The summed E-state index contributed by atoms with van der Waals surface area (Å²) in [5.74, 6) is -1.10. The highest BCUT2D eigenvalue weighted by Gasteiger charge is 2.27. The van der Waals surface area contributed by atoms with E-state index in [1.54, 1.807) is 25.8 Å². The third kappa shape index (κ3) is 3.89. The van der Waals surface area contributed by atoms with Crippen LogP contribution < -0.4 is 5.32 Å². The number of hydrogen-bond acceptors (Lipinski definition) is 2. The zero-order valence-electron chi connectivity index (χ0n) is 11.5. The predicted molar refractivity (Wildman–Crippen MR) is 69.4 cm³/mol. The second-order valence-corrected chi connectivity index (χ2v) is 5.41. The van der Waals surface area contributed by atoms with Gasteiger partial charge in [-0.2, -0.15) is 0 Å². The summed E-state index contributed by atoms with van der Waals surface area (Å²) >= 11 is 0. The van der Waals surface area contributed by atoms with Gasteiger partial charge in [-0.1, -0.05) is 33.1 Å². The normalized spacial score (nSPS) is 18.4. The summed E-state index contributed by atoms with van der Waals surface area (Å²) < 4.78 is 0. The summed E-state index contributed by atoms with van der Waals surface area (Å²) in [4.78, 5) is 24.7. The molecule has 0 aromatic heterocycles. The molecule has 5 heteroatoms. The van der Waals surface area contributed by atoms with E-state index in [-0.39, 0.29) is 18.0 Å². The van der Waals surface area contributed by atoms with Crippen molar-refractivity contribution in [3.8, 4) is 0 Å². The quantitative estimate of drug-likeness (QED) is 0.809. The summed E-state index contributed by atoms with van der Waals surface area (Å²) in [6, 6.07) is -0.841. The number of carboxylic acids is 1. The summed E-state index contributed by atoms with van der Waals surface area (Å²) in [5.41, 5.74) is 0. The Morgan fingerprint density at radius 2 is 1.78 bits per heavy atom. The summed E-state index contributed by atoms with van der Waals surface area (Å²) in [5, 5.41) is 11.7. The van der Waals surface area contributed by atoms with Crippen molar-refractivity contribution in [3.05, 3.63) is 0 Å². The highest BCUT2D eigenvalue weighted by atomic mass is 16.4. The Balaban J connectivity index is 2.54. The minimum Gasteiger partial charge on any atom is -0.480 e. The van der Waals surface area contributed by atoms with Gasteiger partial charge in [0.2, 0.25) is 0 Å². The highest BCUT2D eigenvalue weighted by molar-refractivity contribution is 5.82. The van der Waals surface area contributed by atoms with Crippen LogP contribution in [0, 0.1) is 5.92 Å². The number of carbonyl (C=O) groups is 2. The number of hydrogen-bond donors (Lipinski definition) is 2. The molecule has 0 heterocycles. The maximum Gasteiger partial charge on any atom is 0.326 e. The van der Waals surface area contributed by atoms with Gasteiger partial charge in [0.15, 0.2) is 0 Å². The fourth-order valence-electron chi connectivity index (χ4n) is 2.38. The van der Waals surface area contributed by atoms with Crippen molar-refractivity contribution in [2.75, 3.05) is 7.05 Å². The Morgan fingerprint density at radius 3 is 2.22 bits per heavy atom. The van der Waals surface area contributed by atoms with Crippen molar-refractivity contribution in [2.45, 2.75) is 58.0 Å². The van der Waals surface area contributed by atoms with Gasteiger partial charge in [0.05, 0.1) is 0 Å². The molecule has 1 aliphatic rings. The van der Waals surface area contributed by atoms with Crippen molar-refractivity contribution >= 4 is 12.0 Å². The van der Waals surface area contributed by atoms with E-state index in [2.05, 4.69) is 5.32 Å². The summed E-state index contributed by atoms with van der Waals surface area (Å²) in [6.07, 6.45) is 5.56. The predicted octanol–water partition coefficient (Wildman–Crippen LogP) is 2.07. The first kappa shape index (κ1) is 14.8. The van der Waals surface area contributed by atoms with Crippen molar-refractivity contribution in [1.82, 2.24) is 10.2 Å². The molecule has 0 bridgehead atoms. The Morgan fingerprint density at radius 1 is 1.22 bits per heavy atom. The van der Waals surface area contributed by atoms with Crippen LogP contribution in [0.2, 0.25) is 0 Å². The SMILES string of the molecule is CC(C)[C@H](NC(=O)N(C)C1CCCCC1)C(=O)O. The molecule has 1 fully saturated rings. The molecule has 0 aromatic rings. The standard InChI is InChI=1S/C13H24N2O3/c1-9(2)11(12(16)17)14-13(18)15(3)10-7-5-4-6-8-10/h9-11H,4-8H2,1-3H3,(H,14,18)(H,16,17)/t11-/m0/s1. The molecule has 0 aliphatic heterocycles. The number of nitrogens with zero attached hydrogens (tertiary/aromatic N) is 1. The van der Waals surface area contributed by atoms with Crippen LogP contribution in [0.3, 0.4) is 0 Å². The van der Waals surface area contributed by atoms with E-state index in [1.807, 2.05) is 0 Å². The number of amides is 2. The second-order valence-electron chi connectivity index (χ2n) is 5.41. The van der Waals surface area contributed by atoms with Gasteiger partial charge in [-0.05, 0) is 18.8 Å². The first-order valence-electron chi connectivity index (χ1n) is 6.69. The van der Waals surface area contributed by atoms with Gasteiger partial charge in [-0.15, -0.1) is 0 Å². The Hall–Kier alpha value is -1.26. The lowest BCUT2D eigenvalue weighted by molar-refractivity contribution is -0.140. The number of nitrogens with one attached hydrogen (secondary N) is 1. The van der Waals surface area contributed by atoms with E-state index in [0.29, 0.717) is 0 Å². The lowest BCUT2D eigenvalue weighted by atomic mass is 9.94. The van der Waals surface area contributed by atoms with Gasteiger partial charge < -0.3 is 15.3 Å². The van der Waals surface area contributed by atoms with E-state index in [4.69, 9.17) is 5.11 Å². The number of carbonyl (C=O) groups excluding carboxylic acids is 1. The molecule has 5 nitrogen and oxygen atoms in total. The van der Waals surface area contributed by atoms with E-state index >= 15 is 0 Å². The van der Waals surface area contributed by atoms with Crippen LogP contribution in [0.25, 0.3) is 0 Å². The molecule has 0 spiro atoms. The molecule has 1 rings (SSSR count). The highest BCUT2D eigenvalue weighted by Crippen LogP contribution is 2.21. The zero-order chi connectivity index (χ0) is 13.7. The minimum atomic E-state index is -0.976. The molecule has 2 N–H and O–H groups in total. The monoisotopic (exact) mass is 256 g/mol. The van der Waals surface area contributed by atoms with Crippen LogP contribution in [-0.2, 0) is 4.79 Å². The molecule has 1 atom stereocenters. The van der Waals surface area contributed by atoms with Gasteiger partial charge in [-0.25, -0.2) is 9.59 Å². The summed E-state index contributed by atoms with van der Waals surface area (Å²) in [7, 11) is 1.75. The van der Waals surface area contributed by atoms with Gasteiger partial charge >= 0.3 is 12.0 Å². The molecular formula is C13H24N2O3. The molecule has 0 saturated heterocycles.